The Balaban J connectivity index is 1.93. The topological polar surface area (TPSA) is 63.3 Å². The number of anilines is 1. The predicted molar refractivity (Wildman–Crippen MR) is 98.5 cm³/mol. The van der Waals surface area contributed by atoms with E-state index in [-0.39, 0.29) is 5.91 Å². The van der Waals surface area contributed by atoms with Gasteiger partial charge in [-0.3, -0.25) is 4.79 Å². The number of halogens is 2. The number of rotatable bonds is 4. The van der Waals surface area contributed by atoms with Crippen LogP contribution in [-0.2, 0) is 0 Å². The fourth-order valence-corrected chi connectivity index (χ4v) is 2.96. The lowest BCUT2D eigenvalue weighted by Gasteiger charge is -2.12. The number of H-pyrrole nitrogens is 1. The van der Waals surface area contributed by atoms with Crippen LogP contribution in [0.25, 0.3) is 10.9 Å². The smallest absolute Gasteiger partial charge is 0.272 e. The molecule has 0 aliphatic heterocycles. The van der Waals surface area contributed by atoms with Gasteiger partial charge in [0.05, 0.1) is 24.9 Å². The quantitative estimate of drug-likeness (QED) is 0.647. The molecule has 1 aromatic heterocycles. The first kappa shape index (κ1) is 16.7. The first-order valence-electron chi connectivity index (χ1n) is 7.03. The number of hydrogen-bond donors (Lipinski definition) is 2. The zero-order chi connectivity index (χ0) is 17.3. The van der Waals surface area contributed by atoms with Gasteiger partial charge in [-0.05, 0) is 18.2 Å². The number of amides is 1. The van der Waals surface area contributed by atoms with E-state index in [1.165, 1.54) is 14.2 Å². The average molecular weight is 410 g/mol. The predicted octanol–water partition coefficient (Wildman–Crippen LogP) is 4.85. The third-order valence-corrected chi connectivity index (χ3v) is 4.34. The molecule has 0 aliphatic rings. The van der Waals surface area contributed by atoms with Crippen molar-refractivity contribution < 1.29 is 14.3 Å². The second kappa shape index (κ2) is 6.75. The fourth-order valence-electron chi connectivity index (χ4n) is 2.37. The summed E-state index contributed by atoms with van der Waals surface area (Å²) >= 11 is 9.48. The lowest BCUT2D eigenvalue weighted by Crippen LogP contribution is -2.13. The number of aromatic nitrogens is 1. The molecular formula is C17H14BrClN2O3. The molecule has 1 amide bonds. The van der Waals surface area contributed by atoms with Crippen molar-refractivity contribution in [3.8, 4) is 11.5 Å². The van der Waals surface area contributed by atoms with E-state index in [4.69, 9.17) is 21.1 Å². The van der Waals surface area contributed by atoms with Crippen LogP contribution in [0.5, 0.6) is 11.5 Å². The number of methoxy groups -OCH3 is 2. The molecule has 0 spiro atoms. The summed E-state index contributed by atoms with van der Waals surface area (Å²) < 4.78 is 11.4. The third kappa shape index (κ3) is 3.20. The van der Waals surface area contributed by atoms with E-state index in [1.54, 1.807) is 18.2 Å². The number of ether oxygens (including phenoxy) is 2. The molecule has 0 radical (unpaired) electrons. The van der Waals surface area contributed by atoms with Gasteiger partial charge in [0, 0.05) is 27.5 Å². The van der Waals surface area contributed by atoms with Crippen LogP contribution in [0.15, 0.2) is 40.9 Å². The minimum atomic E-state index is -0.287. The molecule has 0 aliphatic carbocycles. The number of carbonyl (C=O) groups excluding carboxylic acids is 1. The Hall–Kier alpha value is -2.18. The van der Waals surface area contributed by atoms with Crippen LogP contribution in [0.1, 0.15) is 10.5 Å². The third-order valence-electron chi connectivity index (χ3n) is 3.55. The summed E-state index contributed by atoms with van der Waals surface area (Å²) in [6, 6.07) is 10.8. The number of carbonyl (C=O) groups is 1. The van der Waals surface area contributed by atoms with Gasteiger partial charge in [-0.15, -0.1) is 0 Å². The van der Waals surface area contributed by atoms with Gasteiger partial charge in [-0.25, -0.2) is 0 Å². The number of aromatic amines is 1. The van der Waals surface area contributed by atoms with Gasteiger partial charge in [-0.2, -0.15) is 0 Å². The summed E-state index contributed by atoms with van der Waals surface area (Å²) in [6.07, 6.45) is 0. The largest absolute Gasteiger partial charge is 0.495 e. The molecule has 0 saturated heterocycles. The van der Waals surface area contributed by atoms with Gasteiger partial charge in [0.15, 0.2) is 0 Å². The summed E-state index contributed by atoms with van der Waals surface area (Å²) in [5.41, 5.74) is 1.79. The maximum atomic E-state index is 12.5. The molecule has 0 bridgehead atoms. The lowest BCUT2D eigenvalue weighted by atomic mass is 10.2. The van der Waals surface area contributed by atoms with E-state index in [2.05, 4.69) is 26.2 Å². The maximum Gasteiger partial charge on any atom is 0.272 e. The Kier molecular flexibility index (Phi) is 4.69. The van der Waals surface area contributed by atoms with Crippen LogP contribution < -0.4 is 14.8 Å². The van der Waals surface area contributed by atoms with E-state index in [9.17, 15) is 4.79 Å². The zero-order valence-electron chi connectivity index (χ0n) is 12.9. The van der Waals surface area contributed by atoms with Gasteiger partial charge in [0.2, 0.25) is 0 Å². The highest BCUT2D eigenvalue weighted by Crippen LogP contribution is 2.36. The summed E-state index contributed by atoms with van der Waals surface area (Å²) in [4.78, 5) is 15.6. The minimum Gasteiger partial charge on any atom is -0.495 e. The van der Waals surface area contributed by atoms with Crippen LogP contribution in [-0.4, -0.2) is 25.1 Å². The Bertz CT molecular complexity index is 924. The molecule has 7 heteroatoms. The van der Waals surface area contributed by atoms with Gasteiger partial charge < -0.3 is 19.8 Å². The number of hydrogen-bond acceptors (Lipinski definition) is 3. The Morgan fingerprint density at radius 2 is 1.88 bits per heavy atom. The van der Waals surface area contributed by atoms with Gasteiger partial charge in [0.1, 0.15) is 17.2 Å². The highest BCUT2D eigenvalue weighted by Gasteiger charge is 2.15. The highest BCUT2D eigenvalue weighted by atomic mass is 79.9. The molecule has 0 unspecified atom stereocenters. The van der Waals surface area contributed by atoms with E-state index in [0.717, 1.165) is 15.4 Å². The Labute approximate surface area is 152 Å². The van der Waals surface area contributed by atoms with Crippen LogP contribution in [0.3, 0.4) is 0 Å². The molecule has 3 aromatic rings. The lowest BCUT2D eigenvalue weighted by molar-refractivity contribution is 0.102. The first-order chi connectivity index (χ1) is 11.5. The van der Waals surface area contributed by atoms with Gasteiger partial charge >= 0.3 is 0 Å². The van der Waals surface area contributed by atoms with Crippen molar-refractivity contribution in [3.05, 3.63) is 51.6 Å². The molecule has 5 nitrogen and oxygen atoms in total. The highest BCUT2D eigenvalue weighted by molar-refractivity contribution is 9.10. The standard InChI is InChI=1S/C17H14BrClN2O3/c1-23-15-8-13(16(24-2)7-11(15)19)21-17(22)14-5-9-3-4-10(18)6-12(9)20-14/h3-8,20H,1-2H3,(H,21,22). The van der Waals surface area contributed by atoms with Crippen molar-refractivity contribution in [3.63, 3.8) is 0 Å². The monoisotopic (exact) mass is 408 g/mol. The Morgan fingerprint density at radius 3 is 2.58 bits per heavy atom. The zero-order valence-corrected chi connectivity index (χ0v) is 15.3. The Morgan fingerprint density at radius 1 is 1.12 bits per heavy atom. The maximum absolute atomic E-state index is 12.5. The van der Waals surface area contributed by atoms with E-state index >= 15 is 0 Å². The normalized spacial score (nSPS) is 10.7. The van der Waals surface area contributed by atoms with Crippen LogP contribution in [0, 0.1) is 0 Å². The molecule has 24 heavy (non-hydrogen) atoms. The molecule has 0 atom stereocenters. The number of nitrogens with one attached hydrogen (secondary N) is 2. The van der Waals surface area contributed by atoms with Crippen molar-refractivity contribution in [1.82, 2.24) is 4.98 Å². The summed E-state index contributed by atoms with van der Waals surface area (Å²) in [6.45, 7) is 0. The van der Waals surface area contributed by atoms with Crippen LogP contribution in [0.4, 0.5) is 5.69 Å². The van der Waals surface area contributed by atoms with Gasteiger partial charge in [-0.1, -0.05) is 33.6 Å². The molecule has 1 heterocycles. The summed E-state index contributed by atoms with van der Waals surface area (Å²) in [7, 11) is 3.02. The molecule has 3 rings (SSSR count). The first-order valence-corrected chi connectivity index (χ1v) is 8.20. The summed E-state index contributed by atoms with van der Waals surface area (Å²) in [5, 5.41) is 4.16. The van der Waals surface area contributed by atoms with Crippen molar-refractivity contribution >= 4 is 50.0 Å². The van der Waals surface area contributed by atoms with E-state index in [1.807, 2.05) is 18.2 Å². The van der Waals surface area contributed by atoms with Crippen molar-refractivity contribution in [2.24, 2.45) is 0 Å². The van der Waals surface area contributed by atoms with Crippen molar-refractivity contribution in [2.45, 2.75) is 0 Å². The molecule has 0 saturated carbocycles. The van der Waals surface area contributed by atoms with Crippen LogP contribution >= 0.6 is 27.5 Å². The summed E-state index contributed by atoms with van der Waals surface area (Å²) in [5.74, 6) is 0.617. The average Bonchev–Trinajstić information content (AvgIpc) is 2.99. The molecule has 2 N–H and O–H groups in total. The molecular weight excluding hydrogens is 396 g/mol. The fraction of sp³-hybridized carbons (Fsp3) is 0.118. The minimum absolute atomic E-state index is 0.287. The molecule has 2 aromatic carbocycles. The molecule has 124 valence electrons. The van der Waals surface area contributed by atoms with Crippen LogP contribution in [0.2, 0.25) is 5.02 Å². The van der Waals surface area contributed by atoms with Crippen molar-refractivity contribution in [2.75, 3.05) is 19.5 Å². The number of fused-ring (bicyclic) bond motifs is 1. The molecule has 0 fully saturated rings. The SMILES string of the molecule is COc1cc(NC(=O)c2cc3ccc(Br)cc3[nH]2)c(OC)cc1Cl. The van der Waals surface area contributed by atoms with Gasteiger partial charge in [0.25, 0.3) is 5.91 Å². The van der Waals surface area contributed by atoms with E-state index in [0.29, 0.717) is 27.9 Å². The second-order valence-corrected chi connectivity index (χ2v) is 6.38. The van der Waals surface area contributed by atoms with Crippen molar-refractivity contribution in [1.29, 1.82) is 0 Å². The second-order valence-electron chi connectivity index (χ2n) is 5.06. The number of benzene rings is 2. The van der Waals surface area contributed by atoms with E-state index < -0.39 is 0 Å².